The van der Waals surface area contributed by atoms with E-state index in [9.17, 15) is 14.4 Å². The molecule has 0 bridgehead atoms. The first-order chi connectivity index (χ1) is 16.4. The highest BCUT2D eigenvalue weighted by atomic mass is 16.3. The number of hydrogen-bond acceptors (Lipinski definition) is 4. The van der Waals surface area contributed by atoms with E-state index in [1.54, 1.807) is 21.9 Å². The van der Waals surface area contributed by atoms with Crippen molar-refractivity contribution in [2.24, 2.45) is 0 Å². The van der Waals surface area contributed by atoms with Crippen LogP contribution in [0.25, 0.3) is 11.0 Å². The van der Waals surface area contributed by atoms with Gasteiger partial charge in [-0.05, 0) is 38.0 Å². The van der Waals surface area contributed by atoms with Gasteiger partial charge >= 0.3 is 6.03 Å². The molecule has 0 aliphatic rings. The minimum Gasteiger partial charge on any atom is -0.464 e. The van der Waals surface area contributed by atoms with Gasteiger partial charge in [-0.25, -0.2) is 4.79 Å². The van der Waals surface area contributed by atoms with Crippen molar-refractivity contribution in [2.75, 3.05) is 19.6 Å². The number of nitrogens with zero attached hydrogens (tertiary/aromatic N) is 2. The average Bonchev–Trinajstić information content (AvgIpc) is 2.83. The van der Waals surface area contributed by atoms with Crippen molar-refractivity contribution in [1.82, 2.24) is 15.1 Å². The molecule has 1 N–H and O–H groups in total. The third kappa shape index (κ3) is 6.47. The van der Waals surface area contributed by atoms with Gasteiger partial charge in [-0.2, -0.15) is 0 Å². The maximum atomic E-state index is 13.4. The van der Waals surface area contributed by atoms with Crippen LogP contribution >= 0.6 is 0 Å². The van der Waals surface area contributed by atoms with Crippen molar-refractivity contribution in [3.8, 4) is 0 Å². The third-order valence-electron chi connectivity index (χ3n) is 5.65. The summed E-state index contributed by atoms with van der Waals surface area (Å²) in [6.07, 6.45) is 3.15. The van der Waals surface area contributed by atoms with Crippen LogP contribution in [-0.2, 0) is 17.9 Å². The van der Waals surface area contributed by atoms with E-state index in [2.05, 4.69) is 5.32 Å². The van der Waals surface area contributed by atoms with Crippen LogP contribution in [-0.4, -0.2) is 41.4 Å². The summed E-state index contributed by atoms with van der Waals surface area (Å²) < 4.78 is 5.70. The number of unbranched alkanes of at least 4 members (excludes halogenated alkanes) is 1. The number of urea groups is 1. The summed E-state index contributed by atoms with van der Waals surface area (Å²) in [6, 6.07) is 14.8. The van der Waals surface area contributed by atoms with Crippen LogP contribution in [0.1, 0.15) is 43.4 Å². The molecule has 0 aliphatic carbocycles. The largest absolute Gasteiger partial charge is 0.464 e. The van der Waals surface area contributed by atoms with Gasteiger partial charge in [0.1, 0.15) is 12.1 Å². The summed E-state index contributed by atoms with van der Waals surface area (Å²) in [7, 11) is 0. The van der Waals surface area contributed by atoms with Gasteiger partial charge in [0.15, 0.2) is 5.43 Å². The van der Waals surface area contributed by atoms with Crippen molar-refractivity contribution in [3.63, 3.8) is 0 Å². The first-order valence-electron chi connectivity index (χ1n) is 11.8. The molecule has 1 aromatic heterocycles. The molecular formula is C27H33N3O4. The Labute approximate surface area is 200 Å². The smallest absolute Gasteiger partial charge is 0.317 e. The molecule has 2 aromatic carbocycles. The summed E-state index contributed by atoms with van der Waals surface area (Å²) in [6.45, 7) is 7.14. The quantitative estimate of drug-likeness (QED) is 0.481. The van der Waals surface area contributed by atoms with E-state index in [1.165, 1.54) is 6.26 Å². The number of carbonyl (C=O) groups is 2. The molecule has 7 nitrogen and oxygen atoms in total. The molecule has 0 fully saturated rings. The zero-order valence-electron chi connectivity index (χ0n) is 20.2. The molecule has 0 radical (unpaired) electrons. The number of nitrogens with one attached hydrogen (secondary N) is 1. The Morgan fingerprint density at radius 1 is 1.00 bits per heavy atom. The topological polar surface area (TPSA) is 82.9 Å². The Kier molecular flexibility index (Phi) is 8.85. The van der Waals surface area contributed by atoms with Crippen LogP contribution in [0.15, 0.2) is 64.0 Å². The molecule has 7 heteroatoms. The molecule has 0 atom stereocenters. The molecule has 34 heavy (non-hydrogen) atoms. The minimum absolute atomic E-state index is 0.0588. The van der Waals surface area contributed by atoms with Crippen LogP contribution in [0.4, 0.5) is 4.79 Å². The van der Waals surface area contributed by atoms with Crippen molar-refractivity contribution < 1.29 is 14.0 Å². The SMILES string of the molecule is CCCCN(CC(=O)N(Cc1ccccc1)Cc1coc2ccc(C)cc2c1=O)C(=O)NCC. The Morgan fingerprint density at radius 2 is 1.76 bits per heavy atom. The van der Waals surface area contributed by atoms with Crippen molar-refractivity contribution in [1.29, 1.82) is 0 Å². The molecule has 0 saturated carbocycles. The summed E-state index contributed by atoms with van der Waals surface area (Å²) in [5.74, 6) is -0.227. The molecule has 3 rings (SSSR count). The summed E-state index contributed by atoms with van der Waals surface area (Å²) in [5.41, 5.74) is 2.67. The fourth-order valence-electron chi connectivity index (χ4n) is 3.76. The van der Waals surface area contributed by atoms with E-state index in [0.29, 0.717) is 36.2 Å². The van der Waals surface area contributed by atoms with Crippen LogP contribution in [0.5, 0.6) is 0 Å². The number of benzene rings is 2. The molecule has 180 valence electrons. The molecule has 0 saturated heterocycles. The Hall–Kier alpha value is -3.61. The summed E-state index contributed by atoms with van der Waals surface area (Å²) >= 11 is 0. The zero-order chi connectivity index (χ0) is 24.5. The number of amides is 3. The van der Waals surface area contributed by atoms with Crippen LogP contribution in [0.3, 0.4) is 0 Å². The predicted molar refractivity (Wildman–Crippen MR) is 133 cm³/mol. The molecule has 3 amide bonds. The van der Waals surface area contributed by atoms with Gasteiger partial charge in [-0.1, -0.05) is 55.3 Å². The predicted octanol–water partition coefficient (Wildman–Crippen LogP) is 4.46. The molecule has 0 unspecified atom stereocenters. The maximum Gasteiger partial charge on any atom is 0.317 e. The normalized spacial score (nSPS) is 10.8. The average molecular weight is 464 g/mol. The Morgan fingerprint density at radius 3 is 2.47 bits per heavy atom. The van der Waals surface area contributed by atoms with E-state index in [-0.39, 0.29) is 30.5 Å². The second kappa shape index (κ2) is 12.0. The highest BCUT2D eigenvalue weighted by Crippen LogP contribution is 2.16. The number of fused-ring (bicyclic) bond motifs is 1. The summed E-state index contributed by atoms with van der Waals surface area (Å²) in [5, 5.41) is 3.28. The fourth-order valence-corrected chi connectivity index (χ4v) is 3.76. The van der Waals surface area contributed by atoms with Crippen molar-refractivity contribution in [2.45, 2.75) is 46.7 Å². The van der Waals surface area contributed by atoms with Crippen LogP contribution in [0.2, 0.25) is 0 Å². The lowest BCUT2D eigenvalue weighted by atomic mass is 10.1. The van der Waals surface area contributed by atoms with Crippen molar-refractivity contribution >= 4 is 22.9 Å². The second-order valence-electron chi connectivity index (χ2n) is 8.44. The minimum atomic E-state index is -0.260. The van der Waals surface area contributed by atoms with Crippen molar-refractivity contribution in [3.05, 3.63) is 81.7 Å². The number of aryl methyl sites for hydroxylation is 1. The van der Waals surface area contributed by atoms with Gasteiger partial charge in [0.2, 0.25) is 5.91 Å². The highest BCUT2D eigenvalue weighted by molar-refractivity contribution is 5.84. The van der Waals surface area contributed by atoms with Gasteiger partial charge in [0.05, 0.1) is 23.8 Å². The van der Waals surface area contributed by atoms with Crippen LogP contribution in [0, 0.1) is 6.92 Å². The van der Waals surface area contributed by atoms with E-state index in [0.717, 1.165) is 24.0 Å². The third-order valence-corrected chi connectivity index (χ3v) is 5.65. The standard InChI is InChI=1S/C27H33N3O4/c1-4-6-14-29(27(33)28-5-2)18-25(31)30(16-21-10-8-7-9-11-21)17-22-19-34-24-13-12-20(3)15-23(24)26(22)32/h7-13,15,19H,4-6,14,16-18H2,1-3H3,(H,28,33). The van der Waals surface area contributed by atoms with E-state index in [4.69, 9.17) is 4.42 Å². The number of hydrogen-bond donors (Lipinski definition) is 1. The molecule has 1 heterocycles. The zero-order valence-corrected chi connectivity index (χ0v) is 20.2. The molecular weight excluding hydrogens is 430 g/mol. The lowest BCUT2D eigenvalue weighted by Crippen LogP contribution is -2.47. The highest BCUT2D eigenvalue weighted by Gasteiger charge is 2.22. The van der Waals surface area contributed by atoms with Gasteiger partial charge in [0, 0.05) is 19.6 Å². The maximum absolute atomic E-state index is 13.4. The molecule has 0 aliphatic heterocycles. The fraction of sp³-hybridized carbons (Fsp3) is 0.370. The van der Waals surface area contributed by atoms with Gasteiger partial charge < -0.3 is 19.5 Å². The Bertz CT molecular complexity index is 1170. The molecule has 0 spiro atoms. The first-order valence-corrected chi connectivity index (χ1v) is 11.8. The first kappa shape index (κ1) is 25.0. The monoisotopic (exact) mass is 463 g/mol. The van der Waals surface area contributed by atoms with Gasteiger partial charge in [-0.3, -0.25) is 9.59 Å². The molecule has 3 aromatic rings. The van der Waals surface area contributed by atoms with E-state index >= 15 is 0 Å². The van der Waals surface area contributed by atoms with Crippen LogP contribution < -0.4 is 10.7 Å². The Balaban J connectivity index is 1.89. The number of carbonyl (C=O) groups excluding carboxylic acids is 2. The lowest BCUT2D eigenvalue weighted by molar-refractivity contribution is -0.133. The lowest BCUT2D eigenvalue weighted by Gasteiger charge is -2.28. The summed E-state index contributed by atoms with van der Waals surface area (Å²) in [4.78, 5) is 42.3. The van der Waals surface area contributed by atoms with Gasteiger partial charge in [0.25, 0.3) is 0 Å². The van der Waals surface area contributed by atoms with E-state index in [1.807, 2.05) is 57.2 Å². The van der Waals surface area contributed by atoms with Gasteiger partial charge in [-0.15, -0.1) is 0 Å². The van der Waals surface area contributed by atoms with E-state index < -0.39 is 0 Å². The second-order valence-corrected chi connectivity index (χ2v) is 8.44. The number of rotatable bonds is 10.